The van der Waals surface area contributed by atoms with Gasteiger partial charge in [0, 0.05) is 73.7 Å². The highest BCUT2D eigenvalue weighted by Crippen LogP contribution is 2.16. The Kier molecular flexibility index (Phi) is 11.6. The van der Waals surface area contributed by atoms with Crippen LogP contribution < -0.4 is 10.2 Å². The minimum Gasteiger partial charge on any atom is -0.354 e. The molecule has 4 heterocycles. The van der Waals surface area contributed by atoms with Crippen LogP contribution in [-0.2, 0) is 0 Å². The van der Waals surface area contributed by atoms with Crippen molar-refractivity contribution in [2.75, 3.05) is 71.4 Å². The number of hydrogen-bond donors (Lipinski definition) is 1. The fraction of sp³-hybridized carbons (Fsp3) is 0.500. The van der Waals surface area contributed by atoms with Gasteiger partial charge < -0.3 is 20.0 Å². The van der Waals surface area contributed by atoms with Gasteiger partial charge in [0.05, 0.1) is 0 Å². The molecule has 0 atom stereocenters. The van der Waals surface area contributed by atoms with Gasteiger partial charge in [-0.25, -0.2) is 9.97 Å². The van der Waals surface area contributed by atoms with Crippen LogP contribution in [0.25, 0.3) is 0 Å². The highest BCUT2D eigenvalue weighted by molar-refractivity contribution is 9.11. The lowest BCUT2D eigenvalue weighted by Gasteiger charge is -2.33. The van der Waals surface area contributed by atoms with E-state index in [4.69, 9.17) is 0 Å². The van der Waals surface area contributed by atoms with Crippen molar-refractivity contribution >= 4 is 53.6 Å². The maximum absolute atomic E-state index is 4.39. The van der Waals surface area contributed by atoms with Crippen LogP contribution in [0.15, 0.2) is 50.2 Å². The molecule has 6 nitrogen and oxygen atoms in total. The molecular formula is C20H29Br3N6. The minimum atomic E-state index is 0.862. The van der Waals surface area contributed by atoms with Gasteiger partial charge in [0.25, 0.3) is 0 Å². The van der Waals surface area contributed by atoms with Gasteiger partial charge in [-0.2, -0.15) is 0 Å². The highest BCUT2D eigenvalue weighted by atomic mass is 79.9. The molecule has 4 rings (SSSR count). The number of aromatic nitrogens is 2. The van der Waals surface area contributed by atoms with Crippen molar-refractivity contribution in [3.8, 4) is 0 Å². The second-order valence-electron chi connectivity index (χ2n) is 6.98. The predicted octanol–water partition coefficient (Wildman–Crippen LogP) is 3.72. The van der Waals surface area contributed by atoms with E-state index in [9.17, 15) is 0 Å². The number of likely N-dealkylation sites (N-methyl/N-ethyl adjacent to an activating group) is 2. The van der Waals surface area contributed by atoms with Crippen LogP contribution in [0.1, 0.15) is 0 Å². The number of halogens is 3. The molecule has 2 aromatic rings. The molecule has 0 aliphatic carbocycles. The molecule has 2 aliphatic heterocycles. The number of nitrogens with one attached hydrogen (secondary N) is 1. The first kappa shape index (κ1) is 24.7. The van der Waals surface area contributed by atoms with Gasteiger partial charge in [-0.3, -0.25) is 0 Å². The average molecular weight is 593 g/mol. The van der Waals surface area contributed by atoms with E-state index in [2.05, 4.69) is 97.9 Å². The van der Waals surface area contributed by atoms with Gasteiger partial charge in [0.2, 0.25) is 0 Å². The Morgan fingerprint density at radius 2 is 1.28 bits per heavy atom. The summed E-state index contributed by atoms with van der Waals surface area (Å²) in [7, 11) is 4.31. The van der Waals surface area contributed by atoms with E-state index in [1.807, 2.05) is 24.4 Å². The third-order valence-corrected chi connectivity index (χ3v) is 5.98. The van der Waals surface area contributed by atoms with Crippen molar-refractivity contribution in [1.29, 1.82) is 0 Å². The summed E-state index contributed by atoms with van der Waals surface area (Å²) in [6, 6.07) is 7.91. The second kappa shape index (κ2) is 13.7. The van der Waals surface area contributed by atoms with Crippen molar-refractivity contribution < 1.29 is 0 Å². The van der Waals surface area contributed by atoms with Crippen LogP contribution in [0.5, 0.6) is 0 Å². The van der Waals surface area contributed by atoms with Crippen LogP contribution >= 0.6 is 47.8 Å². The normalized spacial score (nSPS) is 17.6. The summed E-state index contributed by atoms with van der Waals surface area (Å²) < 4.78 is 2.90. The molecular weight excluding hydrogens is 564 g/mol. The van der Waals surface area contributed by atoms with E-state index in [0.717, 1.165) is 58.6 Å². The first-order valence-electron chi connectivity index (χ1n) is 9.65. The van der Waals surface area contributed by atoms with E-state index < -0.39 is 0 Å². The number of nitrogens with zero attached hydrogens (tertiary/aromatic N) is 5. The molecule has 2 aliphatic rings. The molecule has 0 spiro atoms. The lowest BCUT2D eigenvalue weighted by atomic mass is 10.3. The van der Waals surface area contributed by atoms with Gasteiger partial charge >= 0.3 is 0 Å². The standard InChI is InChI=1S/C10H14BrN3.C5H3Br2N.C5H12N2/c1-13-4-6-14(7-5-13)10-3-2-9(11)8-12-10;6-4-1-2-5(7)8-3-4;1-7-4-2-6-3-5-7/h2-3,8H,4-7H2,1H3;1-3H;6H,2-5H2,1H3. The molecule has 0 radical (unpaired) electrons. The third-order valence-electron chi connectivity index (χ3n) is 4.57. The second-order valence-corrected chi connectivity index (χ2v) is 9.62. The molecule has 1 N–H and O–H groups in total. The fourth-order valence-corrected chi connectivity index (χ4v) is 3.43. The first-order valence-corrected chi connectivity index (χ1v) is 12.0. The Hall–Kier alpha value is -0.580. The van der Waals surface area contributed by atoms with Gasteiger partial charge in [-0.15, -0.1) is 0 Å². The molecule has 2 fully saturated rings. The van der Waals surface area contributed by atoms with Gasteiger partial charge in [-0.05, 0) is 86.2 Å². The maximum atomic E-state index is 4.39. The quantitative estimate of drug-likeness (QED) is 0.510. The summed E-state index contributed by atoms with van der Waals surface area (Å²) in [5.74, 6) is 1.08. The predicted molar refractivity (Wildman–Crippen MR) is 132 cm³/mol. The number of hydrogen-bond acceptors (Lipinski definition) is 6. The molecule has 9 heteroatoms. The molecule has 160 valence electrons. The highest BCUT2D eigenvalue weighted by Gasteiger charge is 2.14. The molecule has 0 unspecified atom stereocenters. The van der Waals surface area contributed by atoms with E-state index in [1.54, 1.807) is 6.20 Å². The molecule has 0 bridgehead atoms. The zero-order chi connectivity index (χ0) is 21.1. The fourth-order valence-electron chi connectivity index (χ4n) is 2.73. The Morgan fingerprint density at radius 3 is 1.69 bits per heavy atom. The Labute approximate surface area is 199 Å². The Balaban J connectivity index is 0.000000170. The summed E-state index contributed by atoms with van der Waals surface area (Å²) in [6.45, 7) is 9.14. The van der Waals surface area contributed by atoms with Crippen LogP contribution in [0.3, 0.4) is 0 Å². The Bertz CT molecular complexity index is 663. The maximum Gasteiger partial charge on any atom is 0.128 e. The molecule has 0 amide bonds. The smallest absolute Gasteiger partial charge is 0.128 e. The zero-order valence-corrected chi connectivity index (χ0v) is 21.7. The van der Waals surface area contributed by atoms with Crippen molar-refractivity contribution in [3.05, 3.63) is 50.2 Å². The van der Waals surface area contributed by atoms with E-state index in [0.29, 0.717) is 0 Å². The van der Waals surface area contributed by atoms with Gasteiger partial charge in [-0.1, -0.05) is 0 Å². The third kappa shape index (κ3) is 10.3. The van der Waals surface area contributed by atoms with Gasteiger partial charge in [0.1, 0.15) is 10.4 Å². The lowest BCUT2D eigenvalue weighted by molar-refractivity contribution is 0.291. The van der Waals surface area contributed by atoms with Crippen molar-refractivity contribution in [1.82, 2.24) is 25.1 Å². The van der Waals surface area contributed by atoms with E-state index >= 15 is 0 Å². The van der Waals surface area contributed by atoms with Crippen molar-refractivity contribution in [2.24, 2.45) is 0 Å². The molecule has 2 saturated heterocycles. The van der Waals surface area contributed by atoms with E-state index in [1.165, 1.54) is 13.1 Å². The summed E-state index contributed by atoms with van der Waals surface area (Å²) in [5, 5.41) is 3.27. The zero-order valence-electron chi connectivity index (χ0n) is 17.0. The van der Waals surface area contributed by atoms with Gasteiger partial charge in [0.15, 0.2) is 0 Å². The summed E-state index contributed by atoms with van der Waals surface area (Å²) in [6.07, 6.45) is 3.59. The number of pyridine rings is 2. The topological polar surface area (TPSA) is 47.5 Å². The molecule has 0 saturated carbocycles. The molecule has 29 heavy (non-hydrogen) atoms. The van der Waals surface area contributed by atoms with Crippen LogP contribution in [0.4, 0.5) is 5.82 Å². The minimum absolute atomic E-state index is 0.862. The number of anilines is 1. The van der Waals surface area contributed by atoms with Crippen molar-refractivity contribution in [3.63, 3.8) is 0 Å². The SMILES string of the molecule is Brc1ccc(Br)nc1.CN1CCN(c2ccc(Br)cn2)CC1.CN1CCNCC1. The molecule has 0 aromatic carbocycles. The summed E-state index contributed by atoms with van der Waals surface area (Å²) in [5.41, 5.74) is 0. The summed E-state index contributed by atoms with van der Waals surface area (Å²) >= 11 is 9.87. The van der Waals surface area contributed by atoms with Crippen molar-refractivity contribution in [2.45, 2.75) is 0 Å². The lowest BCUT2D eigenvalue weighted by Crippen LogP contribution is -2.44. The summed E-state index contributed by atoms with van der Waals surface area (Å²) in [4.78, 5) is 15.3. The van der Waals surface area contributed by atoms with Crippen LogP contribution in [-0.4, -0.2) is 86.2 Å². The Morgan fingerprint density at radius 1 is 0.724 bits per heavy atom. The molecule has 2 aromatic heterocycles. The number of rotatable bonds is 1. The monoisotopic (exact) mass is 590 g/mol. The average Bonchev–Trinajstić information content (AvgIpc) is 2.73. The largest absolute Gasteiger partial charge is 0.354 e. The number of piperazine rings is 2. The van der Waals surface area contributed by atoms with Crippen LogP contribution in [0, 0.1) is 0 Å². The first-order chi connectivity index (χ1) is 13.9. The van der Waals surface area contributed by atoms with Crippen LogP contribution in [0.2, 0.25) is 0 Å². The van der Waals surface area contributed by atoms with E-state index in [-0.39, 0.29) is 0 Å².